The number of carbonyl (C=O) groups excluding carboxylic acids is 1. The van der Waals surface area contributed by atoms with Crippen molar-refractivity contribution in [3.05, 3.63) is 35.4 Å². The molecule has 3 rings (SSSR count). The molecule has 0 spiro atoms. The molecule has 2 aliphatic rings. The van der Waals surface area contributed by atoms with Crippen LogP contribution in [0.25, 0.3) is 0 Å². The fourth-order valence-electron chi connectivity index (χ4n) is 3.52. The molecule has 0 radical (unpaired) electrons. The fraction of sp³-hybridized carbons (Fsp3) is 0.588. The van der Waals surface area contributed by atoms with E-state index < -0.39 is 9.84 Å². The minimum atomic E-state index is -2.88. The molecule has 0 aromatic heterocycles. The van der Waals surface area contributed by atoms with Crippen LogP contribution in [-0.4, -0.2) is 43.8 Å². The SMILES string of the molecule is Cc1ccccc1[C@@H]1C[C@H]1C(=O)N(C)C1CCS(=O)(=O)CC1. The van der Waals surface area contributed by atoms with E-state index in [1.54, 1.807) is 4.90 Å². The van der Waals surface area contributed by atoms with Crippen molar-refractivity contribution in [2.75, 3.05) is 18.6 Å². The Morgan fingerprint density at radius 1 is 1.18 bits per heavy atom. The number of benzene rings is 1. The molecule has 2 atom stereocenters. The van der Waals surface area contributed by atoms with Gasteiger partial charge in [0.15, 0.2) is 0 Å². The summed E-state index contributed by atoms with van der Waals surface area (Å²) in [6.07, 6.45) is 2.07. The van der Waals surface area contributed by atoms with Crippen molar-refractivity contribution < 1.29 is 13.2 Å². The molecule has 22 heavy (non-hydrogen) atoms. The van der Waals surface area contributed by atoms with Gasteiger partial charge in [-0.2, -0.15) is 0 Å². The second-order valence-corrected chi connectivity index (χ2v) is 8.94. The molecule has 5 heteroatoms. The highest BCUT2D eigenvalue weighted by atomic mass is 32.2. The zero-order valence-corrected chi connectivity index (χ0v) is 14.0. The molecule has 120 valence electrons. The van der Waals surface area contributed by atoms with E-state index in [0.717, 1.165) is 6.42 Å². The van der Waals surface area contributed by atoms with Crippen molar-refractivity contribution in [2.24, 2.45) is 5.92 Å². The minimum Gasteiger partial charge on any atom is -0.342 e. The highest BCUT2D eigenvalue weighted by Gasteiger charge is 2.46. The highest BCUT2D eigenvalue weighted by Crippen LogP contribution is 2.49. The summed E-state index contributed by atoms with van der Waals surface area (Å²) < 4.78 is 23.0. The third-order valence-corrected chi connectivity index (χ3v) is 6.83. The van der Waals surface area contributed by atoms with E-state index in [2.05, 4.69) is 19.1 Å². The summed E-state index contributed by atoms with van der Waals surface area (Å²) in [5, 5.41) is 0. The van der Waals surface area contributed by atoms with Gasteiger partial charge < -0.3 is 4.90 Å². The summed E-state index contributed by atoms with van der Waals surface area (Å²) in [7, 11) is -1.05. The van der Waals surface area contributed by atoms with Gasteiger partial charge in [0.25, 0.3) is 0 Å². The van der Waals surface area contributed by atoms with E-state index in [-0.39, 0.29) is 29.4 Å². The Kier molecular flexibility index (Phi) is 4.02. The Balaban J connectivity index is 1.63. The lowest BCUT2D eigenvalue weighted by Crippen LogP contribution is -2.43. The Bertz CT molecular complexity index is 669. The molecular formula is C17H23NO3S. The molecule has 0 bridgehead atoms. The summed E-state index contributed by atoms with van der Waals surface area (Å²) in [6.45, 7) is 2.09. The lowest BCUT2D eigenvalue weighted by molar-refractivity contribution is -0.133. The van der Waals surface area contributed by atoms with E-state index in [1.807, 2.05) is 19.2 Å². The van der Waals surface area contributed by atoms with E-state index in [4.69, 9.17) is 0 Å². The molecule has 0 N–H and O–H groups in total. The maximum atomic E-state index is 12.6. The first-order valence-electron chi connectivity index (χ1n) is 7.91. The van der Waals surface area contributed by atoms with Crippen LogP contribution in [0.5, 0.6) is 0 Å². The van der Waals surface area contributed by atoms with E-state index in [1.165, 1.54) is 11.1 Å². The summed E-state index contributed by atoms with van der Waals surface area (Å²) >= 11 is 0. The summed E-state index contributed by atoms with van der Waals surface area (Å²) in [6, 6.07) is 8.32. The summed E-state index contributed by atoms with van der Waals surface area (Å²) in [5.74, 6) is 1.01. The van der Waals surface area contributed by atoms with Gasteiger partial charge >= 0.3 is 0 Å². The molecule has 1 heterocycles. The van der Waals surface area contributed by atoms with Crippen molar-refractivity contribution in [1.29, 1.82) is 0 Å². The molecule has 1 aromatic rings. The number of amides is 1. The van der Waals surface area contributed by atoms with Gasteiger partial charge in [-0.25, -0.2) is 8.42 Å². The topological polar surface area (TPSA) is 54.5 Å². The Morgan fingerprint density at radius 2 is 1.82 bits per heavy atom. The Morgan fingerprint density at radius 3 is 2.45 bits per heavy atom. The van der Waals surface area contributed by atoms with Crippen molar-refractivity contribution in [3.63, 3.8) is 0 Å². The van der Waals surface area contributed by atoms with Crippen LogP contribution in [0, 0.1) is 12.8 Å². The van der Waals surface area contributed by atoms with Crippen LogP contribution < -0.4 is 0 Å². The average Bonchev–Trinajstić information content (AvgIpc) is 3.26. The number of aryl methyl sites for hydroxylation is 1. The third kappa shape index (κ3) is 3.05. The van der Waals surface area contributed by atoms with Crippen LogP contribution >= 0.6 is 0 Å². The molecule has 1 aliphatic carbocycles. The van der Waals surface area contributed by atoms with Gasteiger partial charge in [0, 0.05) is 19.0 Å². The molecule has 1 saturated heterocycles. The normalized spacial score (nSPS) is 27.4. The van der Waals surface area contributed by atoms with Crippen molar-refractivity contribution in [3.8, 4) is 0 Å². The van der Waals surface area contributed by atoms with Crippen molar-refractivity contribution >= 4 is 15.7 Å². The number of hydrogen-bond acceptors (Lipinski definition) is 3. The number of hydrogen-bond donors (Lipinski definition) is 0. The van der Waals surface area contributed by atoms with Gasteiger partial charge in [0.05, 0.1) is 11.5 Å². The van der Waals surface area contributed by atoms with Gasteiger partial charge in [0.2, 0.25) is 5.91 Å². The van der Waals surface area contributed by atoms with Gasteiger partial charge in [-0.05, 0) is 43.2 Å². The highest BCUT2D eigenvalue weighted by molar-refractivity contribution is 7.91. The average molecular weight is 321 g/mol. The van der Waals surface area contributed by atoms with Crippen molar-refractivity contribution in [2.45, 2.75) is 38.1 Å². The summed E-state index contributed by atoms with van der Waals surface area (Å²) in [5.41, 5.74) is 2.52. The maximum absolute atomic E-state index is 12.6. The minimum absolute atomic E-state index is 0.0737. The quantitative estimate of drug-likeness (QED) is 0.857. The molecule has 0 unspecified atom stereocenters. The first kappa shape index (κ1) is 15.5. The molecule has 1 aliphatic heterocycles. The number of rotatable bonds is 3. The summed E-state index contributed by atoms with van der Waals surface area (Å²) in [4.78, 5) is 14.4. The zero-order valence-electron chi connectivity index (χ0n) is 13.2. The lowest BCUT2D eigenvalue weighted by Gasteiger charge is -2.31. The maximum Gasteiger partial charge on any atom is 0.226 e. The molecule has 1 aromatic carbocycles. The van der Waals surface area contributed by atoms with E-state index in [9.17, 15) is 13.2 Å². The monoisotopic (exact) mass is 321 g/mol. The predicted molar refractivity (Wildman–Crippen MR) is 86.5 cm³/mol. The third-order valence-electron chi connectivity index (χ3n) is 5.12. The van der Waals surface area contributed by atoms with Crippen LogP contribution in [-0.2, 0) is 14.6 Å². The molecule has 4 nitrogen and oxygen atoms in total. The first-order chi connectivity index (χ1) is 10.4. The van der Waals surface area contributed by atoms with Gasteiger partial charge in [-0.1, -0.05) is 24.3 Å². The number of carbonyl (C=O) groups is 1. The molecule has 1 amide bonds. The standard InChI is InChI=1S/C17H23NO3S/c1-12-5-3-4-6-14(12)15-11-16(15)17(19)18(2)13-7-9-22(20,21)10-8-13/h3-6,13,15-16H,7-11H2,1-2H3/t15-,16+/m0/s1. The van der Waals surface area contributed by atoms with Crippen LogP contribution in [0.15, 0.2) is 24.3 Å². The van der Waals surface area contributed by atoms with E-state index >= 15 is 0 Å². The number of sulfone groups is 1. The second-order valence-electron chi connectivity index (χ2n) is 6.64. The van der Waals surface area contributed by atoms with Crippen LogP contribution in [0.3, 0.4) is 0 Å². The van der Waals surface area contributed by atoms with Crippen LogP contribution in [0.1, 0.15) is 36.3 Å². The van der Waals surface area contributed by atoms with Crippen LogP contribution in [0.4, 0.5) is 0 Å². The predicted octanol–water partition coefficient (Wildman–Crippen LogP) is 2.13. The second kappa shape index (κ2) is 5.69. The zero-order chi connectivity index (χ0) is 15.9. The Labute approximate surface area is 132 Å². The lowest BCUT2D eigenvalue weighted by atomic mass is 10.0. The largest absolute Gasteiger partial charge is 0.342 e. The first-order valence-corrected chi connectivity index (χ1v) is 9.74. The van der Waals surface area contributed by atoms with Crippen LogP contribution in [0.2, 0.25) is 0 Å². The van der Waals surface area contributed by atoms with Gasteiger partial charge in [-0.3, -0.25) is 4.79 Å². The molecule has 1 saturated carbocycles. The van der Waals surface area contributed by atoms with E-state index in [0.29, 0.717) is 18.8 Å². The fourth-order valence-corrected chi connectivity index (χ4v) is 4.99. The van der Waals surface area contributed by atoms with Gasteiger partial charge in [0.1, 0.15) is 9.84 Å². The smallest absolute Gasteiger partial charge is 0.226 e. The molecular weight excluding hydrogens is 298 g/mol. The van der Waals surface area contributed by atoms with Gasteiger partial charge in [-0.15, -0.1) is 0 Å². The molecule has 2 fully saturated rings. The Hall–Kier alpha value is -1.36. The van der Waals surface area contributed by atoms with Crippen molar-refractivity contribution in [1.82, 2.24) is 4.90 Å². The number of nitrogens with zero attached hydrogens (tertiary/aromatic N) is 1.